The van der Waals surface area contributed by atoms with E-state index in [1.54, 1.807) is 12.1 Å². The van der Waals surface area contributed by atoms with Gasteiger partial charge in [0, 0.05) is 17.8 Å². The average molecular weight is 279 g/mol. The Kier molecular flexibility index (Phi) is 4.23. The molecule has 0 bridgehead atoms. The van der Waals surface area contributed by atoms with Crippen LogP contribution in [0.25, 0.3) is 11.4 Å². The number of anilines is 1. The van der Waals surface area contributed by atoms with E-state index >= 15 is 0 Å². The van der Waals surface area contributed by atoms with E-state index in [0.29, 0.717) is 17.1 Å². The molecular formula is C11H13N5O4. The molecule has 0 radical (unpaired) electrons. The molecular weight excluding hydrogens is 266 g/mol. The van der Waals surface area contributed by atoms with Crippen LogP contribution >= 0.6 is 0 Å². The number of nitrogens with zero attached hydrogens (tertiary/aromatic N) is 3. The lowest BCUT2D eigenvalue weighted by molar-refractivity contribution is 0.0697. The summed E-state index contributed by atoms with van der Waals surface area (Å²) in [5, 5.41) is 43.3. The highest BCUT2D eigenvalue weighted by Gasteiger charge is 2.14. The van der Waals surface area contributed by atoms with E-state index in [9.17, 15) is 9.90 Å². The van der Waals surface area contributed by atoms with Gasteiger partial charge in [-0.1, -0.05) is 6.07 Å². The molecule has 0 aliphatic heterocycles. The number of carbonyl (C=O) groups is 1. The number of carboxylic acids is 1. The Labute approximate surface area is 113 Å². The van der Waals surface area contributed by atoms with Gasteiger partial charge in [0.25, 0.3) is 0 Å². The van der Waals surface area contributed by atoms with E-state index in [-0.39, 0.29) is 12.1 Å². The normalized spacial score (nSPS) is 12.1. The summed E-state index contributed by atoms with van der Waals surface area (Å²) in [6, 6.07) is 4.50. The molecule has 5 N–H and O–H groups in total. The monoisotopic (exact) mass is 279 g/mol. The molecule has 0 amide bonds. The van der Waals surface area contributed by atoms with Crippen LogP contribution in [0.5, 0.6) is 0 Å². The van der Waals surface area contributed by atoms with Gasteiger partial charge in [0.1, 0.15) is 0 Å². The number of nitrogens with one attached hydrogen (secondary N) is 2. The lowest BCUT2D eigenvalue weighted by Crippen LogP contribution is -2.23. The summed E-state index contributed by atoms with van der Waals surface area (Å²) in [5.41, 5.74) is 0.916. The molecule has 0 fully saturated rings. The fourth-order valence-corrected chi connectivity index (χ4v) is 1.59. The number of carboxylic acid groups (broad SMARTS) is 1. The molecule has 1 aromatic heterocycles. The van der Waals surface area contributed by atoms with E-state index in [0.717, 1.165) is 0 Å². The second-order valence-electron chi connectivity index (χ2n) is 4.02. The molecule has 0 aliphatic rings. The number of benzene rings is 1. The van der Waals surface area contributed by atoms with Crippen molar-refractivity contribution < 1.29 is 20.1 Å². The van der Waals surface area contributed by atoms with Gasteiger partial charge in [0.05, 0.1) is 18.3 Å². The van der Waals surface area contributed by atoms with Crippen molar-refractivity contribution in [2.24, 2.45) is 0 Å². The maximum atomic E-state index is 11.1. The summed E-state index contributed by atoms with van der Waals surface area (Å²) in [5.74, 6) is -0.779. The number of tetrazole rings is 1. The molecule has 1 atom stereocenters. The summed E-state index contributed by atoms with van der Waals surface area (Å²) in [6.45, 7) is -0.396. The van der Waals surface area contributed by atoms with Gasteiger partial charge in [-0.15, -0.1) is 10.2 Å². The third kappa shape index (κ3) is 3.08. The van der Waals surface area contributed by atoms with Crippen LogP contribution in [-0.2, 0) is 0 Å². The molecule has 0 aliphatic carbocycles. The predicted octanol–water partition coefficient (Wildman–Crippen LogP) is -0.670. The van der Waals surface area contributed by atoms with Gasteiger partial charge in [-0.2, -0.15) is 5.21 Å². The Morgan fingerprint density at radius 1 is 1.45 bits per heavy atom. The second-order valence-corrected chi connectivity index (χ2v) is 4.02. The van der Waals surface area contributed by atoms with Crippen molar-refractivity contribution in [1.82, 2.24) is 20.6 Å². The highest BCUT2D eigenvalue weighted by atomic mass is 16.4. The summed E-state index contributed by atoms with van der Waals surface area (Å²) >= 11 is 0. The lowest BCUT2D eigenvalue weighted by atomic mass is 10.1. The van der Waals surface area contributed by atoms with Crippen LogP contribution in [0.2, 0.25) is 0 Å². The van der Waals surface area contributed by atoms with Crippen LogP contribution in [0.3, 0.4) is 0 Å². The molecule has 2 aromatic rings. The summed E-state index contributed by atoms with van der Waals surface area (Å²) in [6.07, 6.45) is -0.981. The van der Waals surface area contributed by atoms with Gasteiger partial charge in [0.2, 0.25) is 5.82 Å². The van der Waals surface area contributed by atoms with Crippen molar-refractivity contribution in [2.45, 2.75) is 6.10 Å². The second kappa shape index (κ2) is 6.08. The minimum absolute atomic E-state index is 0.0203. The molecule has 1 aromatic carbocycles. The first-order chi connectivity index (χ1) is 9.61. The molecule has 9 heteroatoms. The Hall–Kier alpha value is -2.52. The molecule has 1 unspecified atom stereocenters. The van der Waals surface area contributed by atoms with E-state index in [4.69, 9.17) is 10.2 Å². The number of H-pyrrole nitrogens is 1. The largest absolute Gasteiger partial charge is 0.478 e. The zero-order valence-corrected chi connectivity index (χ0v) is 10.3. The number of aliphatic hydroxyl groups excluding tert-OH is 2. The summed E-state index contributed by atoms with van der Waals surface area (Å²) in [4.78, 5) is 11.1. The Balaban J connectivity index is 2.30. The van der Waals surface area contributed by atoms with Gasteiger partial charge in [-0.05, 0) is 17.3 Å². The van der Waals surface area contributed by atoms with Crippen LogP contribution in [0.15, 0.2) is 18.2 Å². The Morgan fingerprint density at radius 2 is 2.25 bits per heavy atom. The number of rotatable bonds is 6. The maximum absolute atomic E-state index is 11.1. The van der Waals surface area contributed by atoms with Crippen molar-refractivity contribution in [2.75, 3.05) is 18.5 Å². The summed E-state index contributed by atoms with van der Waals surface area (Å²) in [7, 11) is 0. The third-order valence-electron chi connectivity index (χ3n) is 2.59. The van der Waals surface area contributed by atoms with Crippen LogP contribution in [-0.4, -0.2) is 61.2 Å². The molecule has 0 saturated heterocycles. The van der Waals surface area contributed by atoms with Gasteiger partial charge in [-0.3, -0.25) is 0 Å². The van der Waals surface area contributed by atoms with Crippen LogP contribution < -0.4 is 5.32 Å². The number of aliphatic hydroxyl groups is 2. The van der Waals surface area contributed by atoms with Crippen molar-refractivity contribution in [3.63, 3.8) is 0 Å². The third-order valence-corrected chi connectivity index (χ3v) is 2.59. The smallest absolute Gasteiger partial charge is 0.337 e. The molecule has 0 spiro atoms. The van der Waals surface area contributed by atoms with E-state index < -0.39 is 18.7 Å². The van der Waals surface area contributed by atoms with Crippen LogP contribution in [0, 0.1) is 0 Å². The van der Waals surface area contributed by atoms with E-state index in [1.807, 2.05) is 0 Å². The minimum Gasteiger partial charge on any atom is -0.478 e. The molecule has 2 rings (SSSR count). The fraction of sp³-hybridized carbons (Fsp3) is 0.273. The number of aromatic amines is 1. The Morgan fingerprint density at radius 3 is 2.85 bits per heavy atom. The number of hydrogen-bond donors (Lipinski definition) is 5. The molecule has 106 valence electrons. The fourth-order valence-electron chi connectivity index (χ4n) is 1.59. The minimum atomic E-state index is -1.11. The van der Waals surface area contributed by atoms with Gasteiger partial charge < -0.3 is 20.6 Å². The zero-order chi connectivity index (χ0) is 14.5. The van der Waals surface area contributed by atoms with Gasteiger partial charge in [-0.25, -0.2) is 4.79 Å². The van der Waals surface area contributed by atoms with Gasteiger partial charge >= 0.3 is 5.97 Å². The van der Waals surface area contributed by atoms with Crippen molar-refractivity contribution in [1.29, 1.82) is 0 Å². The SMILES string of the molecule is O=C(O)c1ccc(-c2nn[nH]n2)cc1NCC(O)CO. The summed E-state index contributed by atoms with van der Waals surface area (Å²) < 4.78 is 0. The van der Waals surface area contributed by atoms with E-state index in [2.05, 4.69) is 25.9 Å². The predicted molar refractivity (Wildman–Crippen MR) is 68.2 cm³/mol. The lowest BCUT2D eigenvalue weighted by Gasteiger charge is -2.13. The number of hydrogen-bond acceptors (Lipinski definition) is 7. The number of aromatic nitrogens is 4. The quantitative estimate of drug-likeness (QED) is 0.468. The average Bonchev–Trinajstić information content (AvgIpc) is 2.98. The first-order valence-corrected chi connectivity index (χ1v) is 5.75. The highest BCUT2D eigenvalue weighted by molar-refractivity contribution is 5.95. The standard InChI is InChI=1S/C11H13N5O4/c17-5-7(18)4-12-9-3-6(10-13-15-16-14-10)1-2-8(9)11(19)20/h1-3,7,12,17-18H,4-5H2,(H,19,20)(H,13,14,15,16). The molecule has 9 nitrogen and oxygen atoms in total. The number of aromatic carboxylic acids is 1. The zero-order valence-electron chi connectivity index (χ0n) is 10.3. The van der Waals surface area contributed by atoms with Crippen LogP contribution in [0.1, 0.15) is 10.4 Å². The first kappa shape index (κ1) is 13.9. The van der Waals surface area contributed by atoms with E-state index in [1.165, 1.54) is 6.07 Å². The molecule has 0 saturated carbocycles. The first-order valence-electron chi connectivity index (χ1n) is 5.75. The van der Waals surface area contributed by atoms with Gasteiger partial charge in [0.15, 0.2) is 0 Å². The van der Waals surface area contributed by atoms with Crippen LogP contribution in [0.4, 0.5) is 5.69 Å². The maximum Gasteiger partial charge on any atom is 0.337 e. The highest BCUT2D eigenvalue weighted by Crippen LogP contribution is 2.23. The molecule has 1 heterocycles. The topological polar surface area (TPSA) is 144 Å². The Bertz CT molecular complexity index is 587. The molecule has 20 heavy (non-hydrogen) atoms. The van der Waals surface area contributed by atoms with Crippen molar-refractivity contribution >= 4 is 11.7 Å². The van der Waals surface area contributed by atoms with Crippen molar-refractivity contribution in [3.05, 3.63) is 23.8 Å². The van der Waals surface area contributed by atoms with Crippen molar-refractivity contribution in [3.8, 4) is 11.4 Å².